The summed E-state index contributed by atoms with van der Waals surface area (Å²) in [4.78, 5) is 3.28. The van der Waals surface area contributed by atoms with Crippen LogP contribution in [-0.4, -0.2) is 23.8 Å². The normalized spacial score (nSPS) is 16.4. The van der Waals surface area contributed by atoms with Crippen molar-refractivity contribution in [3.63, 3.8) is 0 Å². The summed E-state index contributed by atoms with van der Waals surface area (Å²) in [5, 5.41) is 0. The van der Waals surface area contributed by atoms with Gasteiger partial charge in [0.2, 0.25) is 0 Å². The summed E-state index contributed by atoms with van der Waals surface area (Å²) in [5.41, 5.74) is 2.49. The topological polar surface area (TPSA) is 39.2 Å². The Balaban J connectivity index is 2.10. The van der Waals surface area contributed by atoms with Gasteiger partial charge in [-0.3, -0.25) is 0 Å². The third-order valence-electron chi connectivity index (χ3n) is 4.87. The summed E-state index contributed by atoms with van der Waals surface area (Å²) in [7, 11) is 3.30. The van der Waals surface area contributed by atoms with Gasteiger partial charge in [-0.2, -0.15) is 0 Å². The third kappa shape index (κ3) is 2.33. The van der Waals surface area contributed by atoms with Gasteiger partial charge in [0.1, 0.15) is 0 Å². The molecule has 2 aromatic rings. The number of aromatic amines is 1. The number of imidazole rings is 1. The van der Waals surface area contributed by atoms with Crippen LogP contribution in [0.2, 0.25) is 0 Å². The van der Waals surface area contributed by atoms with E-state index in [-0.39, 0.29) is 0 Å². The monoisotopic (exact) mass is 306 g/mol. The predicted molar refractivity (Wildman–Crippen MR) is 86.7 cm³/mol. The van der Waals surface area contributed by atoms with E-state index in [1.54, 1.807) is 14.2 Å². The van der Waals surface area contributed by atoms with Gasteiger partial charge in [0, 0.05) is 18.7 Å². The van der Waals surface area contributed by atoms with Crippen molar-refractivity contribution in [2.75, 3.05) is 14.2 Å². The Kier molecular flexibility index (Phi) is 3.48. The summed E-state index contributed by atoms with van der Waals surface area (Å²) >= 11 is 5.52. The molecule has 114 valence electrons. The zero-order valence-corrected chi connectivity index (χ0v) is 13.8. The molecular weight excluding hydrogens is 284 g/mol. The molecule has 4 nitrogen and oxygen atoms in total. The Morgan fingerprint density at radius 1 is 1.24 bits per heavy atom. The Bertz CT molecular complexity index is 726. The van der Waals surface area contributed by atoms with E-state index in [0.29, 0.717) is 11.3 Å². The number of fused-ring (bicyclic) bond motifs is 1. The Morgan fingerprint density at radius 3 is 2.38 bits per heavy atom. The number of rotatable bonds is 5. The summed E-state index contributed by atoms with van der Waals surface area (Å²) in [6, 6.07) is 3.96. The highest BCUT2D eigenvalue weighted by molar-refractivity contribution is 7.71. The highest BCUT2D eigenvalue weighted by Crippen LogP contribution is 2.53. The van der Waals surface area contributed by atoms with Crippen LogP contribution in [0.25, 0.3) is 11.0 Å². The van der Waals surface area contributed by atoms with Gasteiger partial charge in [0.05, 0.1) is 25.3 Å². The van der Waals surface area contributed by atoms with E-state index in [1.807, 2.05) is 12.1 Å². The predicted octanol–water partition coefficient (Wildman–Crippen LogP) is 4.15. The van der Waals surface area contributed by atoms with E-state index in [0.717, 1.165) is 33.8 Å². The number of aromatic nitrogens is 2. The van der Waals surface area contributed by atoms with Gasteiger partial charge in [-0.15, -0.1) is 0 Å². The molecule has 0 spiro atoms. The van der Waals surface area contributed by atoms with Crippen LogP contribution in [0, 0.1) is 16.1 Å². The molecule has 1 aromatic carbocycles. The Hall–Kier alpha value is -1.49. The molecule has 1 fully saturated rings. The van der Waals surface area contributed by atoms with Gasteiger partial charge in [-0.1, -0.05) is 13.8 Å². The summed E-state index contributed by atoms with van der Waals surface area (Å²) in [6.45, 7) is 5.57. The second-order valence-corrected chi connectivity index (χ2v) is 6.64. The van der Waals surface area contributed by atoms with E-state index in [1.165, 1.54) is 12.8 Å². The molecule has 0 amide bonds. The summed E-state index contributed by atoms with van der Waals surface area (Å²) in [6.07, 6.45) is 2.57. The first kappa shape index (κ1) is 14.4. The number of benzene rings is 1. The van der Waals surface area contributed by atoms with Gasteiger partial charge >= 0.3 is 0 Å². The van der Waals surface area contributed by atoms with Crippen LogP contribution in [0.5, 0.6) is 11.5 Å². The summed E-state index contributed by atoms with van der Waals surface area (Å²) in [5.74, 6) is 2.13. The largest absolute Gasteiger partial charge is 0.493 e. The Morgan fingerprint density at radius 2 is 1.86 bits per heavy atom. The smallest absolute Gasteiger partial charge is 0.178 e. The standard InChI is InChI=1S/C16H22N2O2S/c1-10(2)16(5-6-16)9-18-12-8-14(20-4)13(19-3)7-11(12)17-15(18)21/h7-8,10H,5-6,9H2,1-4H3,(H,17,21). The van der Waals surface area contributed by atoms with Crippen molar-refractivity contribution in [3.8, 4) is 11.5 Å². The number of nitrogens with one attached hydrogen (secondary N) is 1. The molecule has 1 N–H and O–H groups in total. The molecule has 0 bridgehead atoms. The molecule has 0 atom stereocenters. The molecule has 1 saturated carbocycles. The lowest BCUT2D eigenvalue weighted by Crippen LogP contribution is -2.17. The van der Waals surface area contributed by atoms with Crippen molar-refractivity contribution in [2.24, 2.45) is 11.3 Å². The third-order valence-corrected chi connectivity index (χ3v) is 5.19. The van der Waals surface area contributed by atoms with Crippen molar-refractivity contribution in [3.05, 3.63) is 16.9 Å². The number of ether oxygens (including phenoxy) is 2. The molecule has 1 aliphatic carbocycles. The first-order valence-corrected chi connectivity index (χ1v) is 7.76. The van der Waals surface area contributed by atoms with Crippen molar-refractivity contribution in [2.45, 2.75) is 33.2 Å². The van der Waals surface area contributed by atoms with E-state index in [9.17, 15) is 0 Å². The van der Waals surface area contributed by atoms with Gasteiger partial charge < -0.3 is 19.0 Å². The molecule has 1 heterocycles. The second-order valence-electron chi connectivity index (χ2n) is 6.26. The fourth-order valence-corrected chi connectivity index (χ4v) is 3.31. The fourth-order valence-electron chi connectivity index (χ4n) is 3.03. The second kappa shape index (κ2) is 5.05. The Labute approximate surface area is 130 Å². The van der Waals surface area contributed by atoms with Crippen LogP contribution in [0.4, 0.5) is 0 Å². The van der Waals surface area contributed by atoms with E-state index in [2.05, 4.69) is 23.4 Å². The van der Waals surface area contributed by atoms with Gasteiger partial charge in [0.25, 0.3) is 0 Å². The molecule has 0 aliphatic heterocycles. The minimum Gasteiger partial charge on any atom is -0.493 e. The van der Waals surface area contributed by atoms with E-state index >= 15 is 0 Å². The van der Waals surface area contributed by atoms with Gasteiger partial charge in [-0.25, -0.2) is 0 Å². The highest BCUT2D eigenvalue weighted by atomic mass is 32.1. The lowest BCUT2D eigenvalue weighted by molar-refractivity contribution is 0.311. The molecular formula is C16H22N2O2S. The average Bonchev–Trinajstić information content (AvgIpc) is 3.19. The van der Waals surface area contributed by atoms with Crippen LogP contribution >= 0.6 is 12.2 Å². The minimum absolute atomic E-state index is 0.403. The first-order valence-electron chi connectivity index (χ1n) is 7.35. The molecule has 0 unspecified atom stereocenters. The molecule has 0 saturated heterocycles. The van der Waals surface area contributed by atoms with Gasteiger partial charge in [-0.05, 0) is 36.4 Å². The maximum Gasteiger partial charge on any atom is 0.178 e. The quantitative estimate of drug-likeness (QED) is 0.843. The minimum atomic E-state index is 0.403. The van der Waals surface area contributed by atoms with Crippen molar-refractivity contribution >= 4 is 23.3 Å². The molecule has 1 aromatic heterocycles. The van der Waals surface area contributed by atoms with Crippen LogP contribution in [-0.2, 0) is 6.54 Å². The molecule has 1 aliphatic rings. The number of hydrogen-bond donors (Lipinski definition) is 1. The molecule has 0 radical (unpaired) electrons. The average molecular weight is 306 g/mol. The van der Waals surface area contributed by atoms with Crippen molar-refractivity contribution in [1.29, 1.82) is 0 Å². The van der Waals surface area contributed by atoms with Crippen molar-refractivity contribution < 1.29 is 9.47 Å². The lowest BCUT2D eigenvalue weighted by atomic mass is 9.92. The molecule has 3 rings (SSSR count). The number of nitrogens with zero attached hydrogens (tertiary/aromatic N) is 1. The zero-order valence-electron chi connectivity index (χ0n) is 13.0. The van der Waals surface area contributed by atoms with E-state index in [4.69, 9.17) is 21.7 Å². The van der Waals surface area contributed by atoms with Crippen LogP contribution in [0.3, 0.4) is 0 Å². The van der Waals surface area contributed by atoms with Gasteiger partial charge in [0.15, 0.2) is 16.3 Å². The van der Waals surface area contributed by atoms with Crippen LogP contribution in [0.15, 0.2) is 12.1 Å². The number of hydrogen-bond acceptors (Lipinski definition) is 3. The lowest BCUT2D eigenvalue weighted by Gasteiger charge is -2.20. The highest BCUT2D eigenvalue weighted by Gasteiger charge is 2.45. The number of methoxy groups -OCH3 is 2. The zero-order chi connectivity index (χ0) is 15.2. The maximum absolute atomic E-state index is 5.52. The maximum atomic E-state index is 5.52. The summed E-state index contributed by atoms with van der Waals surface area (Å²) < 4.78 is 13.8. The fraction of sp³-hybridized carbons (Fsp3) is 0.562. The van der Waals surface area contributed by atoms with E-state index < -0.39 is 0 Å². The molecule has 21 heavy (non-hydrogen) atoms. The SMILES string of the molecule is COc1cc2[nH]c(=S)n(CC3(C(C)C)CC3)c2cc1OC. The molecule has 5 heteroatoms. The first-order chi connectivity index (χ1) is 10.0. The van der Waals surface area contributed by atoms with Crippen molar-refractivity contribution in [1.82, 2.24) is 9.55 Å². The van der Waals surface area contributed by atoms with Crippen LogP contribution in [0.1, 0.15) is 26.7 Å². The number of H-pyrrole nitrogens is 1. The van der Waals surface area contributed by atoms with Crippen LogP contribution < -0.4 is 9.47 Å².